The average Bonchev–Trinajstić information content (AvgIpc) is 3.21. The van der Waals surface area contributed by atoms with Gasteiger partial charge in [0.1, 0.15) is 29.7 Å². The van der Waals surface area contributed by atoms with Crippen molar-refractivity contribution in [3.63, 3.8) is 0 Å². The lowest BCUT2D eigenvalue weighted by Gasteiger charge is -2.03. The van der Waals surface area contributed by atoms with Gasteiger partial charge in [-0.1, -0.05) is 0 Å². The second-order valence-corrected chi connectivity index (χ2v) is 6.70. The van der Waals surface area contributed by atoms with E-state index in [1.54, 1.807) is 36.4 Å². The third-order valence-corrected chi connectivity index (χ3v) is 4.79. The van der Waals surface area contributed by atoms with E-state index in [-0.39, 0.29) is 18.2 Å². The Kier molecular flexibility index (Phi) is 5.27. The molecule has 0 saturated heterocycles. The molecule has 0 N–H and O–H groups in total. The second-order valence-electron chi connectivity index (χ2n) is 4.87. The quantitative estimate of drug-likeness (QED) is 0.388. The first-order valence-electron chi connectivity index (χ1n) is 7.04. The molecule has 0 radical (unpaired) electrons. The van der Waals surface area contributed by atoms with Crippen LogP contribution in [0.25, 0.3) is 6.08 Å². The minimum atomic E-state index is -0.310. The number of halogens is 2. The molecule has 24 heavy (non-hydrogen) atoms. The molecule has 2 heterocycles. The molecule has 6 heteroatoms. The minimum absolute atomic E-state index is 0.0776. The highest BCUT2D eigenvalue weighted by molar-refractivity contribution is 9.10. The highest BCUT2D eigenvalue weighted by atomic mass is 79.9. The Bertz CT molecular complexity index is 865. The van der Waals surface area contributed by atoms with E-state index in [2.05, 4.69) is 15.9 Å². The van der Waals surface area contributed by atoms with Crippen molar-refractivity contribution < 1.29 is 18.3 Å². The summed E-state index contributed by atoms with van der Waals surface area (Å²) in [6.45, 7) is 0.227. The highest BCUT2D eigenvalue weighted by Crippen LogP contribution is 2.21. The first-order valence-corrected chi connectivity index (χ1v) is 8.71. The number of benzene rings is 1. The molecule has 3 rings (SSSR count). The summed E-state index contributed by atoms with van der Waals surface area (Å²) in [5.41, 5.74) is 0. The van der Waals surface area contributed by atoms with Gasteiger partial charge in [0.15, 0.2) is 5.78 Å². The van der Waals surface area contributed by atoms with E-state index >= 15 is 0 Å². The van der Waals surface area contributed by atoms with Crippen LogP contribution in [-0.4, -0.2) is 5.78 Å². The lowest BCUT2D eigenvalue weighted by Crippen LogP contribution is -1.93. The van der Waals surface area contributed by atoms with Crippen molar-refractivity contribution in [3.8, 4) is 5.75 Å². The summed E-state index contributed by atoms with van der Waals surface area (Å²) in [6.07, 6.45) is 3.10. The Morgan fingerprint density at radius 1 is 1.25 bits per heavy atom. The molecule has 0 unspecified atom stereocenters. The molecule has 0 amide bonds. The van der Waals surface area contributed by atoms with Crippen LogP contribution in [0.4, 0.5) is 4.39 Å². The zero-order valence-electron chi connectivity index (χ0n) is 12.4. The second kappa shape index (κ2) is 7.59. The van der Waals surface area contributed by atoms with Crippen molar-refractivity contribution in [2.45, 2.75) is 6.61 Å². The maximum absolute atomic E-state index is 12.8. The van der Waals surface area contributed by atoms with Gasteiger partial charge in [0.25, 0.3) is 0 Å². The molecule has 0 saturated carbocycles. The summed E-state index contributed by atoms with van der Waals surface area (Å²) in [7, 11) is 0. The largest absolute Gasteiger partial charge is 0.486 e. The normalized spacial score (nSPS) is 11.1. The molecule has 0 bridgehead atoms. The Morgan fingerprint density at radius 3 is 2.75 bits per heavy atom. The van der Waals surface area contributed by atoms with Crippen molar-refractivity contribution in [1.29, 1.82) is 0 Å². The Morgan fingerprint density at radius 2 is 2.04 bits per heavy atom. The van der Waals surface area contributed by atoms with Gasteiger partial charge in [0, 0.05) is 9.85 Å². The fourth-order valence-electron chi connectivity index (χ4n) is 1.93. The molecule has 0 atom stereocenters. The van der Waals surface area contributed by atoms with Crippen molar-refractivity contribution in [3.05, 3.63) is 80.6 Å². The number of thiophene rings is 1. The number of hydrogen-bond acceptors (Lipinski definition) is 4. The highest BCUT2D eigenvalue weighted by Gasteiger charge is 2.06. The standard InChI is InChI=1S/C18H12BrFO3S/c19-12-9-18(24-11-12)17(21)8-7-15-5-6-16(23-15)10-22-14-3-1-13(20)2-4-14/h1-9,11H,10H2/b8-7+. The monoisotopic (exact) mass is 406 g/mol. The number of ether oxygens (including phenoxy) is 1. The van der Waals surface area contributed by atoms with Crippen LogP contribution in [0, 0.1) is 5.82 Å². The molecule has 0 aliphatic heterocycles. The van der Waals surface area contributed by atoms with Gasteiger partial charge in [-0.25, -0.2) is 4.39 Å². The summed E-state index contributed by atoms with van der Waals surface area (Å²) in [6, 6.07) is 11.1. The van der Waals surface area contributed by atoms with Gasteiger partial charge in [0.2, 0.25) is 0 Å². The number of ketones is 1. The molecule has 0 aliphatic rings. The van der Waals surface area contributed by atoms with Gasteiger partial charge >= 0.3 is 0 Å². The van der Waals surface area contributed by atoms with Crippen molar-refractivity contribution in [2.75, 3.05) is 0 Å². The molecule has 3 nitrogen and oxygen atoms in total. The third-order valence-electron chi connectivity index (χ3n) is 3.09. The summed E-state index contributed by atoms with van der Waals surface area (Å²) < 4.78 is 24.8. The van der Waals surface area contributed by atoms with Crippen molar-refractivity contribution >= 4 is 39.1 Å². The van der Waals surface area contributed by atoms with Gasteiger partial charge < -0.3 is 9.15 Å². The van der Waals surface area contributed by atoms with Crippen LogP contribution < -0.4 is 4.74 Å². The molecule has 3 aromatic rings. The average molecular weight is 407 g/mol. The van der Waals surface area contributed by atoms with Crippen LogP contribution in [0.5, 0.6) is 5.75 Å². The van der Waals surface area contributed by atoms with E-state index in [1.165, 1.54) is 29.5 Å². The lowest BCUT2D eigenvalue weighted by atomic mass is 10.3. The fraction of sp³-hybridized carbons (Fsp3) is 0.0556. The van der Waals surface area contributed by atoms with Gasteiger partial charge in [-0.3, -0.25) is 4.79 Å². The minimum Gasteiger partial charge on any atom is -0.486 e. The van der Waals surface area contributed by atoms with Crippen LogP contribution in [0.2, 0.25) is 0 Å². The first kappa shape index (κ1) is 16.7. The predicted octanol–water partition coefficient (Wildman–Crippen LogP) is 5.72. The smallest absolute Gasteiger partial charge is 0.195 e. The van der Waals surface area contributed by atoms with Crippen LogP contribution in [0.1, 0.15) is 21.2 Å². The number of carbonyl (C=O) groups is 1. The molecule has 122 valence electrons. The molecule has 1 aromatic carbocycles. The SMILES string of the molecule is O=C(/C=C/c1ccc(COc2ccc(F)cc2)o1)c1cc(Br)cs1. The topological polar surface area (TPSA) is 39.4 Å². The van der Waals surface area contributed by atoms with E-state index in [0.29, 0.717) is 22.1 Å². The van der Waals surface area contributed by atoms with E-state index in [1.807, 2.05) is 5.38 Å². The van der Waals surface area contributed by atoms with Crippen LogP contribution in [0.3, 0.4) is 0 Å². The molecule has 0 spiro atoms. The molecular weight excluding hydrogens is 395 g/mol. The van der Waals surface area contributed by atoms with E-state index in [4.69, 9.17) is 9.15 Å². The molecule has 0 fully saturated rings. The van der Waals surface area contributed by atoms with Gasteiger partial charge in [-0.2, -0.15) is 0 Å². The summed E-state index contributed by atoms with van der Waals surface area (Å²) >= 11 is 4.70. The van der Waals surface area contributed by atoms with Gasteiger partial charge in [-0.15, -0.1) is 11.3 Å². The summed E-state index contributed by atoms with van der Waals surface area (Å²) in [5, 5.41) is 1.86. The maximum Gasteiger partial charge on any atom is 0.195 e. The fourth-order valence-corrected chi connectivity index (χ4v) is 3.28. The van der Waals surface area contributed by atoms with Crippen molar-refractivity contribution in [1.82, 2.24) is 0 Å². The summed E-state index contributed by atoms with van der Waals surface area (Å²) in [5.74, 6) is 1.35. The zero-order chi connectivity index (χ0) is 16.9. The molecule has 0 aliphatic carbocycles. The van der Waals surface area contributed by atoms with E-state index in [0.717, 1.165) is 4.47 Å². The lowest BCUT2D eigenvalue weighted by molar-refractivity contribution is 0.105. The molecular formula is C18H12BrFO3S. The number of rotatable bonds is 6. The maximum atomic E-state index is 12.8. The zero-order valence-corrected chi connectivity index (χ0v) is 14.8. The van der Waals surface area contributed by atoms with Crippen LogP contribution >= 0.6 is 27.3 Å². The summed E-state index contributed by atoms with van der Waals surface area (Å²) in [4.78, 5) is 12.6. The van der Waals surface area contributed by atoms with Crippen LogP contribution in [-0.2, 0) is 6.61 Å². The van der Waals surface area contributed by atoms with Gasteiger partial charge in [0.05, 0.1) is 4.88 Å². The Balaban J connectivity index is 1.58. The molecule has 2 aromatic heterocycles. The predicted molar refractivity (Wildman–Crippen MR) is 94.8 cm³/mol. The Labute approximate surface area is 150 Å². The number of carbonyl (C=O) groups excluding carboxylic acids is 1. The van der Waals surface area contributed by atoms with E-state index < -0.39 is 0 Å². The van der Waals surface area contributed by atoms with Crippen molar-refractivity contribution in [2.24, 2.45) is 0 Å². The first-order chi connectivity index (χ1) is 11.6. The number of allylic oxidation sites excluding steroid dienone is 1. The third kappa shape index (κ3) is 4.43. The Hall–Kier alpha value is -2.18. The van der Waals surface area contributed by atoms with E-state index in [9.17, 15) is 9.18 Å². The van der Waals surface area contributed by atoms with Crippen LogP contribution in [0.15, 0.2) is 62.8 Å². The number of furan rings is 1. The number of hydrogen-bond donors (Lipinski definition) is 0. The van der Waals surface area contributed by atoms with Gasteiger partial charge in [-0.05, 0) is 70.5 Å².